The number of aliphatic hydroxyl groups is 1. The van der Waals surface area contributed by atoms with Gasteiger partial charge >= 0.3 is 0 Å². The Bertz CT molecular complexity index is 414. The molecule has 2 N–H and O–H groups in total. The van der Waals surface area contributed by atoms with Gasteiger partial charge in [-0.1, -0.05) is 13.8 Å². The summed E-state index contributed by atoms with van der Waals surface area (Å²) in [5.41, 5.74) is 1.54. The number of aliphatic hydroxyl groups excluding tert-OH is 1. The van der Waals surface area contributed by atoms with Crippen LogP contribution >= 0.6 is 0 Å². The largest absolute Gasteiger partial charge is 0.394 e. The van der Waals surface area contributed by atoms with Gasteiger partial charge in [0.25, 0.3) is 0 Å². The Morgan fingerprint density at radius 2 is 2.05 bits per heavy atom. The third-order valence-electron chi connectivity index (χ3n) is 3.71. The molecule has 5 nitrogen and oxygen atoms in total. The van der Waals surface area contributed by atoms with Crippen molar-refractivity contribution in [1.82, 2.24) is 15.1 Å². The maximum Gasteiger partial charge on any atom is 0.222 e. The minimum absolute atomic E-state index is 0.0222. The van der Waals surface area contributed by atoms with E-state index in [1.807, 2.05) is 38.4 Å². The van der Waals surface area contributed by atoms with E-state index in [1.165, 1.54) is 0 Å². The maximum absolute atomic E-state index is 12.0. The zero-order chi connectivity index (χ0) is 14.5. The first-order chi connectivity index (χ1) is 8.96. The number of carbonyl (C=O) groups is 1. The third kappa shape index (κ3) is 4.06. The predicted molar refractivity (Wildman–Crippen MR) is 74.9 cm³/mol. The number of amides is 1. The molecule has 0 aliphatic heterocycles. The number of aromatic nitrogens is 2. The smallest absolute Gasteiger partial charge is 0.222 e. The van der Waals surface area contributed by atoms with Crippen LogP contribution in [0.4, 0.5) is 0 Å². The second-order valence-corrected chi connectivity index (χ2v) is 5.09. The summed E-state index contributed by atoms with van der Waals surface area (Å²) in [6.45, 7) is 8.41. The topological polar surface area (TPSA) is 67.2 Å². The molecule has 1 amide bonds. The molecule has 5 heteroatoms. The Kier molecular flexibility index (Phi) is 5.54. The highest BCUT2D eigenvalue weighted by atomic mass is 16.3. The molecular weight excluding hydrogens is 242 g/mol. The molecule has 1 aromatic heterocycles. The van der Waals surface area contributed by atoms with Crippen molar-refractivity contribution in [1.29, 1.82) is 0 Å². The van der Waals surface area contributed by atoms with Crippen molar-refractivity contribution in [2.24, 2.45) is 0 Å². The fourth-order valence-corrected chi connectivity index (χ4v) is 2.16. The SMILES string of the molecule is CCC(CC)(CO)NC(=O)CCn1nc(C)cc1C. The van der Waals surface area contributed by atoms with Gasteiger partial charge in [0.1, 0.15) is 0 Å². The molecule has 0 bridgehead atoms. The van der Waals surface area contributed by atoms with E-state index in [0.717, 1.165) is 24.2 Å². The lowest BCUT2D eigenvalue weighted by molar-refractivity contribution is -0.124. The molecule has 0 unspecified atom stereocenters. The Morgan fingerprint density at radius 3 is 2.47 bits per heavy atom. The predicted octanol–water partition coefficient (Wildman–Crippen LogP) is 1.56. The van der Waals surface area contributed by atoms with Crippen molar-refractivity contribution in [3.8, 4) is 0 Å². The molecule has 1 rings (SSSR count). The summed E-state index contributed by atoms with van der Waals surface area (Å²) in [6, 6.07) is 1.99. The number of carbonyl (C=O) groups excluding carboxylic acids is 1. The maximum atomic E-state index is 12.0. The molecule has 0 saturated carbocycles. The standard InChI is InChI=1S/C14H25N3O2/c1-5-14(6-2,10-18)15-13(19)7-8-17-12(4)9-11(3)16-17/h9,18H,5-8,10H2,1-4H3,(H,15,19). The zero-order valence-corrected chi connectivity index (χ0v) is 12.4. The van der Waals surface area contributed by atoms with E-state index in [1.54, 1.807) is 0 Å². The van der Waals surface area contributed by atoms with Crippen LogP contribution in [0, 0.1) is 13.8 Å². The molecule has 0 saturated heterocycles. The summed E-state index contributed by atoms with van der Waals surface area (Å²) in [6.07, 6.45) is 1.83. The highest BCUT2D eigenvalue weighted by Crippen LogP contribution is 2.14. The van der Waals surface area contributed by atoms with Crippen molar-refractivity contribution < 1.29 is 9.90 Å². The molecule has 0 atom stereocenters. The highest BCUT2D eigenvalue weighted by Gasteiger charge is 2.26. The van der Waals surface area contributed by atoms with Gasteiger partial charge in [-0.2, -0.15) is 5.10 Å². The Labute approximate surface area is 115 Å². The van der Waals surface area contributed by atoms with Crippen LogP contribution < -0.4 is 5.32 Å². The molecule has 0 spiro atoms. The summed E-state index contributed by atoms with van der Waals surface area (Å²) in [7, 11) is 0. The van der Waals surface area contributed by atoms with Gasteiger partial charge in [0, 0.05) is 18.7 Å². The summed E-state index contributed by atoms with van der Waals surface area (Å²) >= 11 is 0. The molecule has 0 aliphatic carbocycles. The first kappa shape index (κ1) is 15.7. The summed E-state index contributed by atoms with van der Waals surface area (Å²) in [5, 5.41) is 16.7. The van der Waals surface area contributed by atoms with Gasteiger partial charge in [-0.25, -0.2) is 0 Å². The average Bonchev–Trinajstić information content (AvgIpc) is 2.72. The lowest BCUT2D eigenvalue weighted by Crippen LogP contribution is -2.50. The van der Waals surface area contributed by atoms with Gasteiger partial charge < -0.3 is 10.4 Å². The highest BCUT2D eigenvalue weighted by molar-refractivity contribution is 5.76. The van der Waals surface area contributed by atoms with Gasteiger partial charge in [-0.05, 0) is 32.8 Å². The van der Waals surface area contributed by atoms with Crippen LogP contribution in [-0.2, 0) is 11.3 Å². The van der Waals surface area contributed by atoms with Crippen molar-refractivity contribution in [2.45, 2.75) is 59.0 Å². The van der Waals surface area contributed by atoms with E-state index in [9.17, 15) is 9.90 Å². The van der Waals surface area contributed by atoms with E-state index in [-0.39, 0.29) is 12.5 Å². The number of rotatable bonds is 7. The molecule has 1 heterocycles. The fourth-order valence-electron chi connectivity index (χ4n) is 2.16. The zero-order valence-electron chi connectivity index (χ0n) is 12.4. The van der Waals surface area contributed by atoms with Crippen LogP contribution in [0.3, 0.4) is 0 Å². The van der Waals surface area contributed by atoms with Crippen LogP contribution in [-0.4, -0.2) is 32.9 Å². The van der Waals surface area contributed by atoms with Crippen molar-refractivity contribution in [3.63, 3.8) is 0 Å². The third-order valence-corrected chi connectivity index (χ3v) is 3.71. The van der Waals surface area contributed by atoms with Crippen molar-refractivity contribution in [3.05, 3.63) is 17.5 Å². The Morgan fingerprint density at radius 1 is 1.42 bits per heavy atom. The quantitative estimate of drug-likeness (QED) is 0.788. The summed E-state index contributed by atoms with van der Waals surface area (Å²) < 4.78 is 1.84. The van der Waals surface area contributed by atoms with Gasteiger partial charge in [-0.3, -0.25) is 9.48 Å². The second kappa shape index (κ2) is 6.70. The fraction of sp³-hybridized carbons (Fsp3) is 0.714. The van der Waals surface area contributed by atoms with E-state index in [0.29, 0.717) is 13.0 Å². The lowest BCUT2D eigenvalue weighted by Gasteiger charge is -2.30. The van der Waals surface area contributed by atoms with Crippen molar-refractivity contribution >= 4 is 5.91 Å². The monoisotopic (exact) mass is 267 g/mol. The van der Waals surface area contributed by atoms with Gasteiger partial charge in [0.2, 0.25) is 5.91 Å². The molecule has 0 aromatic carbocycles. The van der Waals surface area contributed by atoms with Crippen LogP contribution in [0.1, 0.15) is 44.5 Å². The first-order valence-corrected chi connectivity index (χ1v) is 6.89. The summed E-state index contributed by atoms with van der Waals surface area (Å²) in [5.74, 6) is -0.0368. The van der Waals surface area contributed by atoms with E-state index >= 15 is 0 Å². The van der Waals surface area contributed by atoms with Crippen LogP contribution in [0.25, 0.3) is 0 Å². The van der Waals surface area contributed by atoms with E-state index in [4.69, 9.17) is 0 Å². The molecule has 0 aliphatic rings. The Hall–Kier alpha value is -1.36. The number of nitrogens with one attached hydrogen (secondary N) is 1. The molecule has 0 fully saturated rings. The minimum Gasteiger partial charge on any atom is -0.394 e. The van der Waals surface area contributed by atoms with E-state index in [2.05, 4.69) is 10.4 Å². The number of hydrogen-bond acceptors (Lipinski definition) is 3. The van der Waals surface area contributed by atoms with Crippen LogP contribution in [0.2, 0.25) is 0 Å². The number of hydrogen-bond donors (Lipinski definition) is 2. The molecule has 19 heavy (non-hydrogen) atoms. The van der Waals surface area contributed by atoms with Crippen molar-refractivity contribution in [2.75, 3.05) is 6.61 Å². The number of nitrogens with zero attached hydrogens (tertiary/aromatic N) is 2. The normalized spacial score (nSPS) is 11.6. The number of aryl methyl sites for hydroxylation is 3. The first-order valence-electron chi connectivity index (χ1n) is 6.89. The minimum atomic E-state index is -0.480. The summed E-state index contributed by atoms with van der Waals surface area (Å²) in [4.78, 5) is 12.0. The average molecular weight is 267 g/mol. The second-order valence-electron chi connectivity index (χ2n) is 5.09. The van der Waals surface area contributed by atoms with Gasteiger partial charge in [0.05, 0.1) is 17.8 Å². The molecule has 108 valence electrons. The van der Waals surface area contributed by atoms with Gasteiger partial charge in [-0.15, -0.1) is 0 Å². The molecule has 0 radical (unpaired) electrons. The Balaban J connectivity index is 2.54. The molecular formula is C14H25N3O2. The van der Waals surface area contributed by atoms with Crippen LogP contribution in [0.5, 0.6) is 0 Å². The molecule has 1 aromatic rings. The lowest BCUT2D eigenvalue weighted by atomic mass is 9.94. The van der Waals surface area contributed by atoms with Crippen LogP contribution in [0.15, 0.2) is 6.07 Å². The van der Waals surface area contributed by atoms with Gasteiger partial charge in [0.15, 0.2) is 0 Å². The van der Waals surface area contributed by atoms with E-state index < -0.39 is 5.54 Å².